The number of anilines is 1. The van der Waals surface area contributed by atoms with Crippen LogP contribution in [0.5, 0.6) is 0 Å². The number of ketones is 1. The lowest BCUT2D eigenvalue weighted by atomic mass is 9.96. The molecule has 0 heterocycles. The van der Waals surface area contributed by atoms with Crippen LogP contribution < -0.4 is 5.73 Å². The van der Waals surface area contributed by atoms with E-state index in [-0.39, 0.29) is 21.4 Å². The summed E-state index contributed by atoms with van der Waals surface area (Å²) in [6.07, 6.45) is 0. The molecule has 2 aromatic carbocycles. The number of hydrogen-bond donors (Lipinski definition) is 1. The van der Waals surface area contributed by atoms with Crippen LogP contribution in [-0.2, 0) is 0 Å². The van der Waals surface area contributed by atoms with Crippen molar-refractivity contribution in [1.29, 1.82) is 0 Å². The molecular formula is C15H12Cl3NO. The minimum atomic E-state index is -0.263. The van der Waals surface area contributed by atoms with E-state index in [0.29, 0.717) is 16.3 Å². The number of rotatable bonds is 2. The number of aryl methyl sites for hydroxylation is 2. The lowest BCUT2D eigenvalue weighted by molar-refractivity contribution is 0.103. The molecule has 20 heavy (non-hydrogen) atoms. The Morgan fingerprint density at radius 3 is 2.05 bits per heavy atom. The maximum atomic E-state index is 12.6. The summed E-state index contributed by atoms with van der Waals surface area (Å²) in [7, 11) is 0. The second kappa shape index (κ2) is 5.65. The molecule has 2 N–H and O–H groups in total. The number of carbonyl (C=O) groups is 1. The summed E-state index contributed by atoms with van der Waals surface area (Å²) in [6, 6.07) is 6.50. The van der Waals surface area contributed by atoms with Crippen LogP contribution in [-0.4, -0.2) is 5.78 Å². The summed E-state index contributed by atoms with van der Waals surface area (Å²) >= 11 is 18.0. The summed E-state index contributed by atoms with van der Waals surface area (Å²) in [5, 5.41) is 0.841. The van der Waals surface area contributed by atoms with Crippen molar-refractivity contribution < 1.29 is 4.79 Å². The predicted octanol–water partition coefficient (Wildman–Crippen LogP) is 5.08. The highest BCUT2D eigenvalue weighted by Crippen LogP contribution is 2.32. The van der Waals surface area contributed by atoms with E-state index in [9.17, 15) is 4.79 Å². The third-order valence-corrected chi connectivity index (χ3v) is 3.91. The minimum absolute atomic E-state index is 0.228. The van der Waals surface area contributed by atoms with Crippen molar-refractivity contribution in [2.75, 3.05) is 5.73 Å². The van der Waals surface area contributed by atoms with Crippen LogP contribution in [0.25, 0.3) is 0 Å². The van der Waals surface area contributed by atoms with Gasteiger partial charge in [0.05, 0.1) is 15.6 Å². The third-order valence-electron chi connectivity index (χ3n) is 3.09. The molecule has 2 nitrogen and oxygen atoms in total. The van der Waals surface area contributed by atoms with Gasteiger partial charge in [0.2, 0.25) is 0 Å². The molecule has 0 atom stereocenters. The van der Waals surface area contributed by atoms with Gasteiger partial charge in [0.25, 0.3) is 0 Å². The van der Waals surface area contributed by atoms with Gasteiger partial charge < -0.3 is 5.73 Å². The molecule has 0 saturated heterocycles. The second-order valence-corrected chi connectivity index (χ2v) is 5.85. The first-order valence-electron chi connectivity index (χ1n) is 5.87. The van der Waals surface area contributed by atoms with E-state index >= 15 is 0 Å². The van der Waals surface area contributed by atoms with Crippen molar-refractivity contribution in [1.82, 2.24) is 0 Å². The number of hydrogen-bond acceptors (Lipinski definition) is 2. The van der Waals surface area contributed by atoms with Crippen molar-refractivity contribution in [2.45, 2.75) is 13.8 Å². The van der Waals surface area contributed by atoms with Gasteiger partial charge >= 0.3 is 0 Å². The second-order valence-electron chi connectivity index (χ2n) is 4.60. The zero-order chi connectivity index (χ0) is 15.0. The molecule has 2 aromatic rings. The average Bonchev–Trinajstić information content (AvgIpc) is 2.32. The van der Waals surface area contributed by atoms with Crippen LogP contribution in [0.3, 0.4) is 0 Å². The van der Waals surface area contributed by atoms with Gasteiger partial charge in [-0.15, -0.1) is 0 Å². The largest absolute Gasteiger partial charge is 0.398 e. The molecule has 0 amide bonds. The van der Waals surface area contributed by atoms with Gasteiger partial charge in [-0.25, -0.2) is 0 Å². The van der Waals surface area contributed by atoms with Crippen LogP contribution >= 0.6 is 34.8 Å². The molecule has 0 saturated carbocycles. The molecule has 0 unspecified atom stereocenters. The number of nitrogens with two attached hydrogens (primary N) is 1. The SMILES string of the molecule is Cc1cc(C)c(C(=O)c2c(Cl)cc(Cl)cc2Cl)cc1N. The summed E-state index contributed by atoms with van der Waals surface area (Å²) in [4.78, 5) is 12.6. The maximum Gasteiger partial charge on any atom is 0.196 e. The maximum absolute atomic E-state index is 12.6. The smallest absolute Gasteiger partial charge is 0.196 e. The molecule has 0 spiro atoms. The highest BCUT2D eigenvalue weighted by molar-refractivity contribution is 6.43. The number of nitrogen functional groups attached to an aromatic ring is 1. The highest BCUT2D eigenvalue weighted by atomic mass is 35.5. The van der Waals surface area contributed by atoms with E-state index in [0.717, 1.165) is 11.1 Å². The number of halogens is 3. The van der Waals surface area contributed by atoms with Gasteiger partial charge in [0.15, 0.2) is 5.78 Å². The van der Waals surface area contributed by atoms with Crippen molar-refractivity contribution in [2.24, 2.45) is 0 Å². The normalized spacial score (nSPS) is 10.7. The lowest BCUT2D eigenvalue weighted by Gasteiger charge is -2.11. The monoisotopic (exact) mass is 327 g/mol. The fourth-order valence-corrected chi connectivity index (χ4v) is 3.00. The molecule has 5 heteroatoms. The average molecular weight is 329 g/mol. The Balaban J connectivity index is 2.61. The van der Waals surface area contributed by atoms with Gasteiger partial charge in [-0.05, 0) is 43.2 Å². The van der Waals surface area contributed by atoms with Crippen LogP contribution in [0.1, 0.15) is 27.0 Å². The van der Waals surface area contributed by atoms with Crippen molar-refractivity contribution >= 4 is 46.3 Å². The number of carbonyl (C=O) groups excluding carboxylic acids is 1. The molecule has 0 fully saturated rings. The predicted molar refractivity (Wildman–Crippen MR) is 85.2 cm³/mol. The standard InChI is InChI=1S/C15H12Cl3NO/c1-7-3-8(2)13(19)6-10(7)15(20)14-11(17)4-9(16)5-12(14)18/h3-6H,19H2,1-2H3. The van der Waals surface area contributed by atoms with E-state index < -0.39 is 0 Å². The first-order chi connectivity index (χ1) is 9.31. The quantitative estimate of drug-likeness (QED) is 0.617. The van der Waals surface area contributed by atoms with Crippen LogP contribution in [0.15, 0.2) is 24.3 Å². The molecule has 2 rings (SSSR count). The molecule has 104 valence electrons. The summed E-state index contributed by atoms with van der Waals surface area (Å²) in [5.74, 6) is -0.263. The molecule has 0 bridgehead atoms. The molecule has 0 radical (unpaired) electrons. The number of benzene rings is 2. The molecular weight excluding hydrogens is 317 g/mol. The summed E-state index contributed by atoms with van der Waals surface area (Å²) < 4.78 is 0. The molecule has 0 aliphatic rings. The minimum Gasteiger partial charge on any atom is -0.398 e. The van der Waals surface area contributed by atoms with Crippen molar-refractivity contribution in [3.05, 3.63) is 61.6 Å². The zero-order valence-corrected chi connectivity index (χ0v) is 13.2. The van der Waals surface area contributed by atoms with Crippen molar-refractivity contribution in [3.8, 4) is 0 Å². The van der Waals surface area contributed by atoms with Gasteiger partial charge in [0, 0.05) is 16.3 Å². The van der Waals surface area contributed by atoms with Gasteiger partial charge in [-0.2, -0.15) is 0 Å². The van der Waals surface area contributed by atoms with Gasteiger partial charge in [-0.3, -0.25) is 4.79 Å². The Kier molecular flexibility index (Phi) is 4.28. The Bertz CT molecular complexity index is 688. The molecule has 0 aliphatic heterocycles. The Hall–Kier alpha value is -1.22. The summed E-state index contributed by atoms with van der Waals surface area (Å²) in [6.45, 7) is 3.73. The van der Waals surface area contributed by atoms with Gasteiger partial charge in [0.1, 0.15) is 0 Å². The van der Waals surface area contributed by atoms with E-state index in [4.69, 9.17) is 40.5 Å². The highest BCUT2D eigenvalue weighted by Gasteiger charge is 2.20. The van der Waals surface area contributed by atoms with Crippen LogP contribution in [0, 0.1) is 13.8 Å². The Labute approximate surface area is 132 Å². The van der Waals surface area contributed by atoms with E-state index in [2.05, 4.69) is 0 Å². The topological polar surface area (TPSA) is 43.1 Å². The summed E-state index contributed by atoms with van der Waals surface area (Å²) in [5.41, 5.74) is 8.89. The van der Waals surface area contributed by atoms with E-state index in [1.165, 1.54) is 12.1 Å². The lowest BCUT2D eigenvalue weighted by Crippen LogP contribution is -2.07. The fourth-order valence-electron chi connectivity index (χ4n) is 2.01. The Morgan fingerprint density at radius 1 is 0.950 bits per heavy atom. The van der Waals surface area contributed by atoms with Crippen molar-refractivity contribution in [3.63, 3.8) is 0 Å². The van der Waals surface area contributed by atoms with E-state index in [1.807, 2.05) is 19.9 Å². The first-order valence-corrected chi connectivity index (χ1v) is 7.00. The van der Waals surface area contributed by atoms with Gasteiger partial charge in [-0.1, -0.05) is 40.9 Å². The van der Waals surface area contributed by atoms with Crippen LogP contribution in [0.2, 0.25) is 15.1 Å². The van der Waals surface area contributed by atoms with E-state index in [1.54, 1.807) is 6.07 Å². The van der Waals surface area contributed by atoms with Crippen LogP contribution in [0.4, 0.5) is 5.69 Å². The molecule has 0 aliphatic carbocycles. The Morgan fingerprint density at radius 2 is 1.50 bits per heavy atom. The zero-order valence-electron chi connectivity index (χ0n) is 10.9. The first kappa shape index (κ1) is 15.2. The fraction of sp³-hybridized carbons (Fsp3) is 0.133. The third kappa shape index (κ3) is 2.78. The molecule has 0 aromatic heterocycles.